The molecule has 17 heavy (non-hydrogen) atoms. The van der Waals surface area contributed by atoms with Crippen LogP contribution in [0.1, 0.15) is 5.56 Å². The molecule has 0 aliphatic carbocycles. The number of carbonyl (C=O) groups is 2. The van der Waals surface area contributed by atoms with Crippen molar-refractivity contribution in [1.29, 1.82) is 0 Å². The molecule has 0 fully saturated rings. The van der Waals surface area contributed by atoms with E-state index in [1.54, 1.807) is 0 Å². The Kier molecular flexibility index (Phi) is 5.29. The maximum Gasteiger partial charge on any atom is 0.408 e. The van der Waals surface area contributed by atoms with E-state index in [1.807, 2.05) is 30.3 Å². The SMILES string of the molecule is COC(=O)NC(Cl)C(=O)OCc1ccccc1. The first kappa shape index (κ1) is 13.3. The smallest absolute Gasteiger partial charge is 0.408 e. The van der Waals surface area contributed by atoms with Crippen LogP contribution < -0.4 is 5.32 Å². The van der Waals surface area contributed by atoms with E-state index < -0.39 is 17.6 Å². The van der Waals surface area contributed by atoms with Gasteiger partial charge in [0, 0.05) is 0 Å². The summed E-state index contributed by atoms with van der Waals surface area (Å²) in [6.45, 7) is 0.103. The van der Waals surface area contributed by atoms with Crippen LogP contribution in [0.25, 0.3) is 0 Å². The molecule has 1 aromatic rings. The molecule has 0 saturated heterocycles. The molecule has 6 heteroatoms. The van der Waals surface area contributed by atoms with Crippen molar-refractivity contribution in [3.63, 3.8) is 0 Å². The second-order valence-electron chi connectivity index (χ2n) is 3.09. The van der Waals surface area contributed by atoms with Crippen molar-refractivity contribution in [1.82, 2.24) is 5.32 Å². The van der Waals surface area contributed by atoms with Crippen LogP contribution in [0.4, 0.5) is 4.79 Å². The summed E-state index contributed by atoms with van der Waals surface area (Å²) in [5.41, 5.74) is -0.422. The van der Waals surface area contributed by atoms with Crippen LogP contribution in [-0.4, -0.2) is 24.7 Å². The molecule has 0 heterocycles. The number of amides is 1. The monoisotopic (exact) mass is 257 g/mol. The summed E-state index contributed by atoms with van der Waals surface area (Å²) < 4.78 is 9.19. The minimum atomic E-state index is -1.26. The number of methoxy groups -OCH3 is 1. The minimum Gasteiger partial charge on any atom is -0.458 e. The Labute approximate surface area is 104 Å². The van der Waals surface area contributed by atoms with Crippen LogP contribution in [0.5, 0.6) is 0 Å². The first-order valence-corrected chi connectivity index (χ1v) is 5.26. The van der Waals surface area contributed by atoms with Gasteiger partial charge in [-0.2, -0.15) is 0 Å². The van der Waals surface area contributed by atoms with Gasteiger partial charge in [-0.05, 0) is 5.56 Å². The Balaban J connectivity index is 2.37. The van der Waals surface area contributed by atoms with Crippen LogP contribution in [0, 0.1) is 0 Å². The lowest BCUT2D eigenvalue weighted by Crippen LogP contribution is -2.37. The molecule has 92 valence electrons. The maximum absolute atomic E-state index is 11.3. The third-order valence-corrected chi connectivity index (χ3v) is 2.15. The van der Waals surface area contributed by atoms with Gasteiger partial charge in [-0.15, -0.1) is 0 Å². The topological polar surface area (TPSA) is 64.6 Å². The average molecular weight is 258 g/mol. The van der Waals surface area contributed by atoms with Gasteiger partial charge < -0.3 is 9.47 Å². The zero-order chi connectivity index (χ0) is 12.7. The summed E-state index contributed by atoms with van der Waals surface area (Å²) in [7, 11) is 1.17. The lowest BCUT2D eigenvalue weighted by atomic mass is 10.2. The zero-order valence-corrected chi connectivity index (χ0v) is 9.94. The summed E-state index contributed by atoms with van der Waals surface area (Å²) in [6, 6.07) is 9.13. The molecular weight excluding hydrogens is 246 g/mol. The van der Waals surface area contributed by atoms with Crippen molar-refractivity contribution in [2.75, 3.05) is 7.11 Å². The highest BCUT2D eigenvalue weighted by atomic mass is 35.5. The normalized spacial score (nSPS) is 11.4. The molecule has 1 aromatic carbocycles. The van der Waals surface area contributed by atoms with Crippen molar-refractivity contribution in [2.45, 2.75) is 12.1 Å². The van der Waals surface area contributed by atoms with Crippen molar-refractivity contribution in [3.05, 3.63) is 35.9 Å². The lowest BCUT2D eigenvalue weighted by molar-refractivity contribution is -0.145. The molecule has 1 N–H and O–H groups in total. The molecule has 0 radical (unpaired) electrons. The van der Waals surface area contributed by atoms with Crippen LogP contribution >= 0.6 is 11.6 Å². The van der Waals surface area contributed by atoms with Gasteiger partial charge in [-0.25, -0.2) is 9.59 Å². The van der Waals surface area contributed by atoms with E-state index in [1.165, 1.54) is 7.11 Å². The van der Waals surface area contributed by atoms with E-state index in [4.69, 9.17) is 16.3 Å². The van der Waals surface area contributed by atoms with Crippen LogP contribution in [0.3, 0.4) is 0 Å². The molecule has 1 amide bonds. The van der Waals surface area contributed by atoms with E-state index in [9.17, 15) is 9.59 Å². The number of carbonyl (C=O) groups excluding carboxylic acids is 2. The van der Waals surface area contributed by atoms with Gasteiger partial charge in [0.15, 0.2) is 0 Å². The molecule has 1 atom stereocenters. The van der Waals surface area contributed by atoms with Crippen LogP contribution in [0.15, 0.2) is 30.3 Å². The molecule has 1 rings (SSSR count). The molecular formula is C11H12ClNO4. The number of nitrogens with one attached hydrogen (secondary N) is 1. The Morgan fingerprint density at radius 1 is 1.35 bits per heavy atom. The minimum absolute atomic E-state index is 0.103. The number of hydrogen-bond acceptors (Lipinski definition) is 4. The summed E-state index contributed by atoms with van der Waals surface area (Å²) >= 11 is 5.58. The fourth-order valence-corrected chi connectivity index (χ4v) is 1.18. The van der Waals surface area contributed by atoms with E-state index in [2.05, 4.69) is 10.1 Å². The van der Waals surface area contributed by atoms with Crippen LogP contribution in [-0.2, 0) is 20.9 Å². The number of hydrogen-bond donors (Lipinski definition) is 1. The van der Waals surface area contributed by atoms with E-state index in [0.717, 1.165) is 5.56 Å². The third kappa shape index (κ3) is 4.74. The van der Waals surface area contributed by atoms with Crippen molar-refractivity contribution in [3.8, 4) is 0 Å². The molecule has 0 aromatic heterocycles. The summed E-state index contributed by atoms with van der Waals surface area (Å²) in [5.74, 6) is -0.735. The molecule has 0 spiro atoms. The van der Waals surface area contributed by atoms with Gasteiger partial charge in [-0.3, -0.25) is 5.32 Å². The lowest BCUT2D eigenvalue weighted by Gasteiger charge is -2.10. The fourth-order valence-electron chi connectivity index (χ4n) is 1.02. The molecule has 1 unspecified atom stereocenters. The zero-order valence-electron chi connectivity index (χ0n) is 9.18. The van der Waals surface area contributed by atoms with Gasteiger partial charge in [0.25, 0.3) is 0 Å². The third-order valence-electron chi connectivity index (χ3n) is 1.86. The van der Waals surface area contributed by atoms with Gasteiger partial charge in [0.1, 0.15) is 6.61 Å². The van der Waals surface area contributed by atoms with Crippen molar-refractivity contribution < 1.29 is 19.1 Å². The maximum atomic E-state index is 11.3. The second-order valence-corrected chi connectivity index (χ2v) is 3.53. The fraction of sp³-hybridized carbons (Fsp3) is 0.273. The number of esters is 1. The number of ether oxygens (including phenoxy) is 2. The first-order valence-electron chi connectivity index (χ1n) is 4.82. The quantitative estimate of drug-likeness (QED) is 0.506. The summed E-state index contributed by atoms with van der Waals surface area (Å²) in [4.78, 5) is 22.1. The molecule has 5 nitrogen and oxygen atoms in total. The highest BCUT2D eigenvalue weighted by Gasteiger charge is 2.19. The van der Waals surface area contributed by atoms with Gasteiger partial charge in [0.05, 0.1) is 7.11 Å². The number of alkyl carbamates (subject to hydrolysis) is 1. The number of rotatable bonds is 4. The summed E-state index contributed by atoms with van der Waals surface area (Å²) in [5, 5.41) is 2.10. The Bertz CT molecular complexity index is 382. The summed E-state index contributed by atoms with van der Waals surface area (Å²) in [6.07, 6.45) is -0.790. The molecule has 0 saturated carbocycles. The van der Waals surface area contributed by atoms with E-state index >= 15 is 0 Å². The molecule has 0 aliphatic rings. The van der Waals surface area contributed by atoms with Gasteiger partial charge in [-0.1, -0.05) is 41.9 Å². The standard InChI is InChI=1S/C11H12ClNO4/c1-16-11(15)13-9(12)10(14)17-7-8-5-3-2-4-6-8/h2-6,9H,7H2,1H3,(H,13,15). The molecule has 0 bridgehead atoms. The predicted octanol–water partition coefficient (Wildman–Crippen LogP) is 1.65. The first-order chi connectivity index (χ1) is 8.13. The average Bonchev–Trinajstić information content (AvgIpc) is 2.36. The van der Waals surface area contributed by atoms with Gasteiger partial charge in [0.2, 0.25) is 5.50 Å². The highest BCUT2D eigenvalue weighted by molar-refractivity contribution is 6.30. The number of halogens is 1. The Morgan fingerprint density at radius 3 is 2.59 bits per heavy atom. The largest absolute Gasteiger partial charge is 0.458 e. The second kappa shape index (κ2) is 6.75. The number of benzene rings is 1. The van der Waals surface area contributed by atoms with Gasteiger partial charge >= 0.3 is 12.1 Å². The number of alkyl halides is 1. The van der Waals surface area contributed by atoms with Crippen molar-refractivity contribution in [2.24, 2.45) is 0 Å². The highest BCUT2D eigenvalue weighted by Crippen LogP contribution is 2.03. The van der Waals surface area contributed by atoms with E-state index in [-0.39, 0.29) is 6.61 Å². The Morgan fingerprint density at radius 2 is 2.00 bits per heavy atom. The van der Waals surface area contributed by atoms with Crippen LogP contribution in [0.2, 0.25) is 0 Å². The Hall–Kier alpha value is -1.75. The van der Waals surface area contributed by atoms with E-state index in [0.29, 0.717) is 0 Å². The predicted molar refractivity (Wildman–Crippen MR) is 61.4 cm³/mol. The molecule has 0 aliphatic heterocycles. The van der Waals surface area contributed by atoms with Crippen molar-refractivity contribution >= 4 is 23.7 Å².